The number of hydrogen-bond donors (Lipinski definition) is 3. The van der Waals surface area contributed by atoms with Crippen molar-refractivity contribution in [1.29, 1.82) is 0 Å². The molecule has 3 N–H and O–H groups in total. The fraction of sp³-hybridized carbons (Fsp3) is 0.217. The highest BCUT2D eigenvalue weighted by atomic mass is 19.4. The molecule has 1 heterocycles. The molecular formula is C23H21F3N4O5. The molecule has 3 rings (SSSR count). The van der Waals surface area contributed by atoms with Crippen molar-refractivity contribution in [3.63, 3.8) is 0 Å². The normalized spacial score (nSPS) is 11.1. The number of Topliss-reactive ketones (excluding diaryl/α,β-unsaturated/α-hetero) is 1. The summed E-state index contributed by atoms with van der Waals surface area (Å²) in [4.78, 5) is 37.5. The van der Waals surface area contributed by atoms with E-state index in [4.69, 9.17) is 9.63 Å². The second kappa shape index (κ2) is 9.87. The number of aromatic nitrogens is 1. The topological polar surface area (TPSA) is 125 Å². The first-order valence-electron chi connectivity index (χ1n) is 10.1. The molecule has 0 unspecified atom stereocenters. The van der Waals surface area contributed by atoms with E-state index in [-0.39, 0.29) is 16.9 Å². The largest absolute Gasteiger partial charge is 0.465 e. The molecule has 0 aliphatic heterocycles. The molecule has 0 radical (unpaired) electrons. The maximum atomic E-state index is 13.6. The number of ketones is 1. The van der Waals surface area contributed by atoms with Crippen LogP contribution in [0.25, 0.3) is 11.3 Å². The maximum Gasteiger partial charge on any atom is 0.418 e. The first-order chi connectivity index (χ1) is 16.3. The van der Waals surface area contributed by atoms with Crippen LogP contribution in [0.3, 0.4) is 0 Å². The van der Waals surface area contributed by atoms with Crippen molar-refractivity contribution in [2.24, 2.45) is 0 Å². The Kier molecular flexibility index (Phi) is 7.13. The summed E-state index contributed by atoms with van der Waals surface area (Å²) < 4.78 is 45.9. The van der Waals surface area contributed by atoms with Gasteiger partial charge in [-0.1, -0.05) is 23.4 Å². The number of carbonyl (C=O) groups excluding carboxylic acids is 2. The standard InChI is InChI=1S/C23H21F3N4O5/c1-12-7-20(35-29-12)14-6-4-5-13(8-14)19(31)11-21(32)27-16-9-15(23(24,25)26)18(30(2)3)10-17(16)28-22(33)34/h4-10,28H,11H2,1-3H3,(H,27,32)(H,33,34). The molecule has 2 aromatic carbocycles. The number of halogens is 3. The second-order valence-corrected chi connectivity index (χ2v) is 7.80. The molecule has 184 valence electrons. The summed E-state index contributed by atoms with van der Waals surface area (Å²) in [5.74, 6) is -1.10. The van der Waals surface area contributed by atoms with Gasteiger partial charge in [0.2, 0.25) is 5.91 Å². The van der Waals surface area contributed by atoms with E-state index in [0.29, 0.717) is 23.1 Å². The number of amides is 2. The first kappa shape index (κ1) is 25.3. The van der Waals surface area contributed by atoms with Gasteiger partial charge in [-0.25, -0.2) is 4.79 Å². The number of carboxylic acid groups (broad SMARTS) is 1. The fourth-order valence-electron chi connectivity index (χ4n) is 3.30. The van der Waals surface area contributed by atoms with E-state index in [2.05, 4.69) is 10.5 Å². The molecule has 35 heavy (non-hydrogen) atoms. The van der Waals surface area contributed by atoms with Gasteiger partial charge in [-0.15, -0.1) is 0 Å². The van der Waals surface area contributed by atoms with Gasteiger partial charge in [-0.05, 0) is 25.1 Å². The molecule has 9 nitrogen and oxygen atoms in total. The Balaban J connectivity index is 1.86. The van der Waals surface area contributed by atoms with E-state index in [9.17, 15) is 27.6 Å². The van der Waals surface area contributed by atoms with Crippen LogP contribution in [0.15, 0.2) is 47.0 Å². The molecule has 0 spiro atoms. The van der Waals surface area contributed by atoms with Gasteiger partial charge in [0.1, 0.15) is 0 Å². The molecule has 0 atom stereocenters. The van der Waals surface area contributed by atoms with Crippen LogP contribution in [0.1, 0.15) is 28.0 Å². The number of benzene rings is 2. The Bertz CT molecular complexity index is 1280. The van der Waals surface area contributed by atoms with Crippen molar-refractivity contribution in [1.82, 2.24) is 5.16 Å². The van der Waals surface area contributed by atoms with Crippen LogP contribution in [0.5, 0.6) is 0 Å². The van der Waals surface area contributed by atoms with Crippen LogP contribution in [-0.2, 0) is 11.0 Å². The minimum atomic E-state index is -4.78. The fourth-order valence-corrected chi connectivity index (χ4v) is 3.30. The Morgan fingerprint density at radius 3 is 2.31 bits per heavy atom. The third kappa shape index (κ3) is 6.16. The van der Waals surface area contributed by atoms with Gasteiger partial charge in [0.15, 0.2) is 11.5 Å². The zero-order valence-electron chi connectivity index (χ0n) is 18.9. The van der Waals surface area contributed by atoms with Gasteiger partial charge in [-0.2, -0.15) is 13.2 Å². The number of alkyl halides is 3. The Morgan fingerprint density at radius 2 is 1.74 bits per heavy atom. The molecule has 0 saturated carbocycles. The predicted octanol–water partition coefficient (Wildman–Crippen LogP) is 5.04. The summed E-state index contributed by atoms with van der Waals surface area (Å²) in [6.45, 7) is 1.73. The predicted molar refractivity (Wildman–Crippen MR) is 122 cm³/mol. The van der Waals surface area contributed by atoms with E-state index in [1.165, 1.54) is 26.2 Å². The number of nitrogens with one attached hydrogen (secondary N) is 2. The third-order valence-corrected chi connectivity index (χ3v) is 4.86. The lowest BCUT2D eigenvalue weighted by molar-refractivity contribution is -0.137. The lowest BCUT2D eigenvalue weighted by atomic mass is 10.0. The zero-order chi connectivity index (χ0) is 25.9. The molecule has 2 amide bonds. The molecular weight excluding hydrogens is 469 g/mol. The maximum absolute atomic E-state index is 13.6. The summed E-state index contributed by atoms with van der Waals surface area (Å²) in [5, 5.41) is 17.0. The smallest absolute Gasteiger partial charge is 0.418 e. The molecule has 0 fully saturated rings. The molecule has 12 heteroatoms. The lowest BCUT2D eigenvalue weighted by Crippen LogP contribution is -2.21. The van der Waals surface area contributed by atoms with Crippen LogP contribution >= 0.6 is 0 Å². The molecule has 0 bridgehead atoms. The van der Waals surface area contributed by atoms with Crippen molar-refractivity contribution in [2.75, 3.05) is 29.6 Å². The summed E-state index contributed by atoms with van der Waals surface area (Å²) in [6.07, 6.45) is -7.02. The highest BCUT2D eigenvalue weighted by Gasteiger charge is 2.35. The van der Waals surface area contributed by atoms with Crippen molar-refractivity contribution in [3.05, 3.63) is 59.3 Å². The molecule has 0 aliphatic rings. The third-order valence-electron chi connectivity index (χ3n) is 4.86. The minimum Gasteiger partial charge on any atom is -0.465 e. The van der Waals surface area contributed by atoms with Gasteiger partial charge in [0, 0.05) is 31.3 Å². The SMILES string of the molecule is Cc1cc(-c2cccc(C(=O)CC(=O)Nc3cc(C(F)(F)F)c(N(C)C)cc3NC(=O)O)c2)on1. The van der Waals surface area contributed by atoms with Gasteiger partial charge in [-0.3, -0.25) is 14.9 Å². The monoisotopic (exact) mass is 490 g/mol. The summed E-state index contributed by atoms with van der Waals surface area (Å²) in [5.41, 5.74) is -0.745. The van der Waals surface area contributed by atoms with Crippen molar-refractivity contribution in [2.45, 2.75) is 19.5 Å². The van der Waals surface area contributed by atoms with E-state index >= 15 is 0 Å². The number of carbonyl (C=O) groups is 3. The van der Waals surface area contributed by atoms with Crippen LogP contribution in [0.4, 0.5) is 35.0 Å². The van der Waals surface area contributed by atoms with Crippen LogP contribution < -0.4 is 15.5 Å². The highest BCUT2D eigenvalue weighted by Crippen LogP contribution is 2.41. The van der Waals surface area contributed by atoms with E-state index < -0.39 is 41.6 Å². The minimum absolute atomic E-state index is 0.175. The van der Waals surface area contributed by atoms with E-state index in [1.807, 2.05) is 5.32 Å². The number of hydrogen-bond acceptors (Lipinski definition) is 6. The summed E-state index contributed by atoms with van der Waals surface area (Å²) >= 11 is 0. The van der Waals surface area contributed by atoms with Gasteiger partial charge < -0.3 is 19.8 Å². The average Bonchev–Trinajstić information content (AvgIpc) is 3.19. The van der Waals surface area contributed by atoms with Crippen molar-refractivity contribution in [3.8, 4) is 11.3 Å². The van der Waals surface area contributed by atoms with Gasteiger partial charge in [0.05, 0.1) is 34.7 Å². The van der Waals surface area contributed by atoms with Gasteiger partial charge >= 0.3 is 12.3 Å². The molecule has 1 aromatic heterocycles. The Morgan fingerprint density at radius 1 is 1.06 bits per heavy atom. The molecule has 0 saturated heterocycles. The highest BCUT2D eigenvalue weighted by molar-refractivity contribution is 6.12. The van der Waals surface area contributed by atoms with Crippen LogP contribution in [0.2, 0.25) is 0 Å². The molecule has 0 aliphatic carbocycles. The van der Waals surface area contributed by atoms with Crippen molar-refractivity contribution >= 4 is 34.8 Å². The first-order valence-corrected chi connectivity index (χ1v) is 10.1. The Labute approximate surface area is 197 Å². The summed E-state index contributed by atoms with van der Waals surface area (Å²) in [7, 11) is 2.72. The Hall–Kier alpha value is -4.35. The number of rotatable bonds is 7. The number of aryl methyl sites for hydroxylation is 1. The summed E-state index contributed by atoms with van der Waals surface area (Å²) in [6, 6.07) is 9.50. The quantitative estimate of drug-likeness (QED) is 0.313. The van der Waals surface area contributed by atoms with E-state index in [1.54, 1.807) is 25.1 Å². The van der Waals surface area contributed by atoms with E-state index in [0.717, 1.165) is 11.0 Å². The van der Waals surface area contributed by atoms with Gasteiger partial charge in [0.25, 0.3) is 0 Å². The second-order valence-electron chi connectivity index (χ2n) is 7.80. The van der Waals surface area contributed by atoms with Crippen LogP contribution in [0, 0.1) is 6.92 Å². The molecule has 3 aromatic rings. The van der Waals surface area contributed by atoms with Crippen LogP contribution in [-0.4, -0.2) is 42.1 Å². The zero-order valence-corrected chi connectivity index (χ0v) is 18.9. The lowest BCUT2D eigenvalue weighted by Gasteiger charge is -2.22. The van der Waals surface area contributed by atoms with Crippen molar-refractivity contribution < 1.29 is 37.2 Å². The number of nitrogens with zero attached hydrogens (tertiary/aromatic N) is 2. The average molecular weight is 490 g/mol. The number of anilines is 3.